The molecule has 0 aromatic carbocycles. The van der Waals surface area contributed by atoms with Crippen molar-refractivity contribution in [3.05, 3.63) is 41.7 Å². The molecular weight excluding hydrogens is 216 g/mol. The lowest BCUT2D eigenvalue weighted by molar-refractivity contribution is 0.384. The van der Waals surface area contributed by atoms with Crippen LogP contribution >= 0.6 is 0 Å². The standard InChI is InChI=1S/C13H18N2O2/c1-10(5-6-13-4-3-7-16-13)14-9-12-8-11(2)17-15-12/h3-4,7-8,10,14H,5-6,9H2,1-2H3. The molecule has 4 heteroatoms. The van der Waals surface area contributed by atoms with Gasteiger partial charge in [0.1, 0.15) is 11.5 Å². The molecule has 4 nitrogen and oxygen atoms in total. The normalized spacial score (nSPS) is 12.8. The zero-order chi connectivity index (χ0) is 12.1. The largest absolute Gasteiger partial charge is 0.469 e. The molecule has 1 N–H and O–H groups in total. The van der Waals surface area contributed by atoms with Crippen LogP contribution in [0.25, 0.3) is 0 Å². The first-order chi connectivity index (χ1) is 8.24. The van der Waals surface area contributed by atoms with Gasteiger partial charge in [-0.2, -0.15) is 0 Å². The first-order valence-electron chi connectivity index (χ1n) is 5.92. The SMILES string of the molecule is Cc1cc(CNC(C)CCc2ccco2)no1. The van der Waals surface area contributed by atoms with Gasteiger partial charge in [0.15, 0.2) is 0 Å². The Hall–Kier alpha value is -1.55. The Morgan fingerprint density at radius 3 is 3.00 bits per heavy atom. The fraction of sp³-hybridized carbons (Fsp3) is 0.462. The van der Waals surface area contributed by atoms with Crippen LogP contribution in [0.1, 0.15) is 30.6 Å². The summed E-state index contributed by atoms with van der Waals surface area (Å²) in [5.41, 5.74) is 0.951. The number of hydrogen-bond acceptors (Lipinski definition) is 4. The first-order valence-corrected chi connectivity index (χ1v) is 5.92. The lowest BCUT2D eigenvalue weighted by Gasteiger charge is -2.11. The fourth-order valence-corrected chi connectivity index (χ4v) is 1.70. The van der Waals surface area contributed by atoms with E-state index < -0.39 is 0 Å². The minimum atomic E-state index is 0.428. The maximum absolute atomic E-state index is 5.29. The van der Waals surface area contributed by atoms with Crippen molar-refractivity contribution < 1.29 is 8.94 Å². The van der Waals surface area contributed by atoms with Crippen molar-refractivity contribution in [3.63, 3.8) is 0 Å². The minimum absolute atomic E-state index is 0.428. The highest BCUT2D eigenvalue weighted by molar-refractivity contribution is 5.03. The summed E-state index contributed by atoms with van der Waals surface area (Å²) in [4.78, 5) is 0. The molecule has 0 radical (unpaired) electrons. The van der Waals surface area contributed by atoms with Gasteiger partial charge in [-0.15, -0.1) is 0 Å². The van der Waals surface area contributed by atoms with Crippen LogP contribution in [0.4, 0.5) is 0 Å². The van der Waals surface area contributed by atoms with Crippen LogP contribution in [-0.4, -0.2) is 11.2 Å². The molecule has 2 aromatic heterocycles. The maximum Gasteiger partial charge on any atom is 0.133 e. The predicted octanol–water partition coefficient (Wildman–Crippen LogP) is 2.69. The van der Waals surface area contributed by atoms with E-state index in [1.165, 1.54) is 0 Å². The van der Waals surface area contributed by atoms with Crippen LogP contribution in [0.15, 0.2) is 33.4 Å². The molecule has 0 saturated heterocycles. The highest BCUT2D eigenvalue weighted by Gasteiger charge is 2.05. The van der Waals surface area contributed by atoms with Crippen LogP contribution < -0.4 is 5.32 Å². The number of aromatic nitrogens is 1. The van der Waals surface area contributed by atoms with Crippen LogP contribution in [-0.2, 0) is 13.0 Å². The monoisotopic (exact) mass is 234 g/mol. The summed E-state index contributed by atoms with van der Waals surface area (Å²) in [6, 6.07) is 6.31. The Morgan fingerprint density at radius 2 is 2.35 bits per heavy atom. The average Bonchev–Trinajstić information content (AvgIpc) is 2.95. The average molecular weight is 234 g/mol. The molecule has 1 unspecified atom stereocenters. The lowest BCUT2D eigenvalue weighted by atomic mass is 10.1. The molecule has 17 heavy (non-hydrogen) atoms. The summed E-state index contributed by atoms with van der Waals surface area (Å²) in [6.45, 7) is 4.81. The van der Waals surface area contributed by atoms with Gasteiger partial charge in [0, 0.05) is 25.1 Å². The molecular formula is C13H18N2O2. The molecule has 0 aliphatic carbocycles. The fourth-order valence-electron chi connectivity index (χ4n) is 1.70. The zero-order valence-corrected chi connectivity index (χ0v) is 10.3. The third-order valence-corrected chi connectivity index (χ3v) is 2.71. The topological polar surface area (TPSA) is 51.2 Å². The quantitative estimate of drug-likeness (QED) is 0.835. The molecule has 0 bridgehead atoms. The van der Waals surface area contributed by atoms with Gasteiger partial charge >= 0.3 is 0 Å². The molecule has 92 valence electrons. The highest BCUT2D eigenvalue weighted by atomic mass is 16.5. The zero-order valence-electron chi connectivity index (χ0n) is 10.3. The highest BCUT2D eigenvalue weighted by Crippen LogP contribution is 2.07. The predicted molar refractivity (Wildman–Crippen MR) is 64.6 cm³/mol. The number of rotatable bonds is 6. The molecule has 0 spiro atoms. The van der Waals surface area contributed by atoms with E-state index in [-0.39, 0.29) is 0 Å². The Labute approximate surface area is 101 Å². The Kier molecular flexibility index (Phi) is 3.98. The molecule has 1 atom stereocenters. The number of furan rings is 1. The molecule has 0 saturated carbocycles. The van der Waals surface area contributed by atoms with Crippen molar-refractivity contribution in [3.8, 4) is 0 Å². The van der Waals surface area contributed by atoms with E-state index in [2.05, 4.69) is 17.4 Å². The summed E-state index contributed by atoms with van der Waals surface area (Å²) < 4.78 is 10.3. The summed E-state index contributed by atoms with van der Waals surface area (Å²) in [7, 11) is 0. The molecule has 2 rings (SSSR count). The second-order valence-electron chi connectivity index (χ2n) is 4.33. The van der Waals surface area contributed by atoms with Gasteiger partial charge in [-0.3, -0.25) is 0 Å². The number of aryl methyl sites for hydroxylation is 2. The minimum Gasteiger partial charge on any atom is -0.469 e. The second-order valence-corrected chi connectivity index (χ2v) is 4.33. The van der Waals surface area contributed by atoms with E-state index in [9.17, 15) is 0 Å². The van der Waals surface area contributed by atoms with Crippen molar-refractivity contribution in [2.45, 2.75) is 39.3 Å². The van der Waals surface area contributed by atoms with Gasteiger partial charge in [0.25, 0.3) is 0 Å². The first kappa shape index (κ1) is 11.9. The number of hydrogen-bond donors (Lipinski definition) is 1. The Balaban J connectivity index is 1.69. The number of nitrogens with one attached hydrogen (secondary N) is 1. The molecule has 0 amide bonds. The van der Waals surface area contributed by atoms with Gasteiger partial charge in [0.05, 0.1) is 12.0 Å². The van der Waals surface area contributed by atoms with Crippen molar-refractivity contribution in [2.75, 3.05) is 0 Å². The molecule has 0 aliphatic rings. The lowest BCUT2D eigenvalue weighted by Crippen LogP contribution is -2.26. The molecule has 2 aromatic rings. The van der Waals surface area contributed by atoms with E-state index in [4.69, 9.17) is 8.94 Å². The van der Waals surface area contributed by atoms with Gasteiger partial charge in [0.2, 0.25) is 0 Å². The van der Waals surface area contributed by atoms with E-state index in [1.54, 1.807) is 6.26 Å². The van der Waals surface area contributed by atoms with Gasteiger partial charge in [-0.25, -0.2) is 0 Å². The number of nitrogens with zero attached hydrogens (tertiary/aromatic N) is 1. The summed E-state index contributed by atoms with van der Waals surface area (Å²) in [5.74, 6) is 1.89. The van der Waals surface area contributed by atoms with Crippen LogP contribution in [0, 0.1) is 6.92 Å². The van der Waals surface area contributed by atoms with Crippen molar-refractivity contribution in [1.82, 2.24) is 10.5 Å². The van der Waals surface area contributed by atoms with Crippen LogP contribution in [0.3, 0.4) is 0 Å². The van der Waals surface area contributed by atoms with E-state index in [0.717, 1.165) is 36.6 Å². The second kappa shape index (κ2) is 5.68. The van der Waals surface area contributed by atoms with E-state index in [0.29, 0.717) is 6.04 Å². The van der Waals surface area contributed by atoms with Gasteiger partial charge in [-0.05, 0) is 32.4 Å². The van der Waals surface area contributed by atoms with Crippen molar-refractivity contribution in [2.24, 2.45) is 0 Å². The van der Waals surface area contributed by atoms with Crippen molar-refractivity contribution >= 4 is 0 Å². The van der Waals surface area contributed by atoms with Crippen LogP contribution in [0.2, 0.25) is 0 Å². The van der Waals surface area contributed by atoms with E-state index in [1.807, 2.05) is 25.1 Å². The summed E-state index contributed by atoms with van der Waals surface area (Å²) in [5, 5.41) is 7.35. The Bertz CT molecular complexity index is 434. The third-order valence-electron chi connectivity index (χ3n) is 2.71. The smallest absolute Gasteiger partial charge is 0.133 e. The molecule has 2 heterocycles. The Morgan fingerprint density at radius 1 is 1.47 bits per heavy atom. The van der Waals surface area contributed by atoms with Crippen LogP contribution in [0.5, 0.6) is 0 Å². The summed E-state index contributed by atoms with van der Waals surface area (Å²) in [6.07, 6.45) is 3.72. The molecule has 0 aliphatic heterocycles. The molecule has 0 fully saturated rings. The summed E-state index contributed by atoms with van der Waals surface area (Å²) >= 11 is 0. The van der Waals surface area contributed by atoms with Crippen molar-refractivity contribution in [1.29, 1.82) is 0 Å². The van der Waals surface area contributed by atoms with Gasteiger partial charge < -0.3 is 14.3 Å². The maximum atomic E-state index is 5.29. The van der Waals surface area contributed by atoms with E-state index >= 15 is 0 Å². The van der Waals surface area contributed by atoms with Gasteiger partial charge in [-0.1, -0.05) is 5.16 Å². The third kappa shape index (κ3) is 3.75.